The number of nitrogens with two attached hydrogens (primary N) is 1. The predicted molar refractivity (Wildman–Crippen MR) is 89.0 cm³/mol. The maximum absolute atomic E-state index is 6.31. The van der Waals surface area contributed by atoms with Crippen LogP contribution in [0.25, 0.3) is 0 Å². The van der Waals surface area contributed by atoms with Crippen molar-refractivity contribution in [2.45, 2.75) is 40.7 Å². The maximum Gasteiger partial charge on any atom is 0.122 e. The van der Waals surface area contributed by atoms with E-state index < -0.39 is 0 Å². The van der Waals surface area contributed by atoms with E-state index in [2.05, 4.69) is 65.0 Å². The molecule has 0 aliphatic rings. The Balaban J connectivity index is 2.14. The van der Waals surface area contributed by atoms with Crippen LogP contribution in [0.5, 0.6) is 5.75 Å². The zero-order valence-corrected chi connectivity index (χ0v) is 13.7. The molecule has 112 valence electrons. The lowest BCUT2D eigenvalue weighted by Gasteiger charge is -2.18. The summed E-state index contributed by atoms with van der Waals surface area (Å²) >= 11 is 0. The van der Waals surface area contributed by atoms with E-state index in [0.29, 0.717) is 6.61 Å². The highest BCUT2D eigenvalue weighted by Gasteiger charge is 2.12. The summed E-state index contributed by atoms with van der Waals surface area (Å²) in [7, 11) is 0. The van der Waals surface area contributed by atoms with Crippen molar-refractivity contribution in [3.8, 4) is 5.75 Å². The molecule has 0 bridgehead atoms. The molecule has 2 aromatic rings. The molecule has 1 atom stereocenters. The molecule has 0 fully saturated rings. The highest BCUT2D eigenvalue weighted by molar-refractivity contribution is 5.42. The highest BCUT2D eigenvalue weighted by atomic mass is 16.5. The number of rotatable bonds is 4. The van der Waals surface area contributed by atoms with E-state index in [-0.39, 0.29) is 6.04 Å². The molecule has 2 nitrogen and oxygen atoms in total. The number of ether oxygens (including phenoxy) is 1. The Bertz CT molecular complexity index is 646. The van der Waals surface area contributed by atoms with Crippen LogP contribution in [0.4, 0.5) is 0 Å². The Hall–Kier alpha value is -1.80. The van der Waals surface area contributed by atoms with Gasteiger partial charge in [0.1, 0.15) is 12.4 Å². The summed E-state index contributed by atoms with van der Waals surface area (Å²) in [6, 6.07) is 10.5. The van der Waals surface area contributed by atoms with Gasteiger partial charge in [0.25, 0.3) is 0 Å². The van der Waals surface area contributed by atoms with Crippen molar-refractivity contribution in [2.24, 2.45) is 5.73 Å². The van der Waals surface area contributed by atoms with E-state index in [1.54, 1.807) is 0 Å². The summed E-state index contributed by atoms with van der Waals surface area (Å²) in [4.78, 5) is 0. The Morgan fingerprint density at radius 2 is 1.62 bits per heavy atom. The van der Waals surface area contributed by atoms with Gasteiger partial charge in [0.15, 0.2) is 0 Å². The summed E-state index contributed by atoms with van der Waals surface area (Å²) in [5, 5.41) is 0. The third-order valence-corrected chi connectivity index (χ3v) is 4.02. The first kappa shape index (κ1) is 15.6. The van der Waals surface area contributed by atoms with Gasteiger partial charge >= 0.3 is 0 Å². The van der Waals surface area contributed by atoms with E-state index in [9.17, 15) is 0 Å². The van der Waals surface area contributed by atoms with Crippen molar-refractivity contribution >= 4 is 0 Å². The van der Waals surface area contributed by atoms with Crippen LogP contribution in [0, 0.1) is 34.6 Å². The van der Waals surface area contributed by atoms with E-state index in [1.165, 1.54) is 27.8 Å². The second-order valence-corrected chi connectivity index (χ2v) is 5.98. The topological polar surface area (TPSA) is 35.2 Å². The van der Waals surface area contributed by atoms with Crippen LogP contribution in [0.2, 0.25) is 0 Å². The van der Waals surface area contributed by atoms with Gasteiger partial charge in [0.2, 0.25) is 0 Å². The molecule has 1 unspecified atom stereocenters. The SMILES string of the molecule is Cc1cc(C)c(C)c(OCC(N)c2cc(C)ccc2C)c1. The third-order valence-electron chi connectivity index (χ3n) is 4.02. The largest absolute Gasteiger partial charge is 0.491 e. The minimum atomic E-state index is -0.106. The molecule has 0 aliphatic carbocycles. The average Bonchev–Trinajstić information content (AvgIpc) is 2.43. The zero-order chi connectivity index (χ0) is 15.6. The normalized spacial score (nSPS) is 12.3. The highest BCUT2D eigenvalue weighted by Crippen LogP contribution is 2.25. The molecule has 0 saturated heterocycles. The lowest BCUT2D eigenvalue weighted by molar-refractivity contribution is 0.288. The van der Waals surface area contributed by atoms with Crippen LogP contribution in [0.15, 0.2) is 30.3 Å². The third kappa shape index (κ3) is 3.64. The molecule has 0 spiro atoms. The van der Waals surface area contributed by atoms with Crippen LogP contribution < -0.4 is 10.5 Å². The second kappa shape index (κ2) is 6.31. The summed E-state index contributed by atoms with van der Waals surface area (Å²) in [6.07, 6.45) is 0. The van der Waals surface area contributed by atoms with Crippen LogP contribution >= 0.6 is 0 Å². The van der Waals surface area contributed by atoms with Gasteiger partial charge in [-0.2, -0.15) is 0 Å². The maximum atomic E-state index is 6.31. The zero-order valence-electron chi connectivity index (χ0n) is 13.7. The van der Waals surface area contributed by atoms with Gasteiger partial charge < -0.3 is 10.5 Å². The van der Waals surface area contributed by atoms with Crippen molar-refractivity contribution < 1.29 is 4.74 Å². The Morgan fingerprint density at radius 3 is 2.33 bits per heavy atom. The second-order valence-electron chi connectivity index (χ2n) is 5.98. The van der Waals surface area contributed by atoms with Crippen LogP contribution in [-0.2, 0) is 0 Å². The molecule has 0 aliphatic heterocycles. The molecule has 2 aromatic carbocycles. The van der Waals surface area contributed by atoms with Gasteiger partial charge in [0.05, 0.1) is 6.04 Å². The van der Waals surface area contributed by atoms with Crippen LogP contribution in [0.3, 0.4) is 0 Å². The first-order valence-corrected chi connectivity index (χ1v) is 7.42. The van der Waals surface area contributed by atoms with E-state index in [1.807, 2.05) is 0 Å². The minimum absolute atomic E-state index is 0.106. The fourth-order valence-electron chi connectivity index (χ4n) is 2.58. The number of aryl methyl sites for hydroxylation is 4. The van der Waals surface area contributed by atoms with Crippen molar-refractivity contribution in [2.75, 3.05) is 6.61 Å². The lowest BCUT2D eigenvalue weighted by Crippen LogP contribution is -2.20. The van der Waals surface area contributed by atoms with Crippen LogP contribution in [-0.4, -0.2) is 6.61 Å². The predicted octanol–water partition coefficient (Wildman–Crippen LogP) is 4.31. The summed E-state index contributed by atoms with van der Waals surface area (Å²) in [6.45, 7) is 11.0. The van der Waals surface area contributed by atoms with Crippen molar-refractivity contribution in [1.82, 2.24) is 0 Å². The minimum Gasteiger partial charge on any atom is -0.491 e. The van der Waals surface area contributed by atoms with E-state index in [4.69, 9.17) is 10.5 Å². The number of benzene rings is 2. The average molecular weight is 283 g/mol. The lowest BCUT2D eigenvalue weighted by atomic mass is 10.00. The monoisotopic (exact) mass is 283 g/mol. The van der Waals surface area contributed by atoms with Gasteiger partial charge in [-0.05, 0) is 68.5 Å². The van der Waals surface area contributed by atoms with Gasteiger partial charge in [-0.3, -0.25) is 0 Å². The van der Waals surface area contributed by atoms with Gasteiger partial charge in [0, 0.05) is 0 Å². The molecule has 0 saturated carbocycles. The Morgan fingerprint density at radius 1 is 0.905 bits per heavy atom. The molecule has 2 N–H and O–H groups in total. The summed E-state index contributed by atoms with van der Waals surface area (Å²) in [5.74, 6) is 0.938. The first-order chi connectivity index (χ1) is 9.88. The molecule has 0 heterocycles. The quantitative estimate of drug-likeness (QED) is 0.907. The molecule has 2 rings (SSSR count). The molecular formula is C19H25NO. The summed E-state index contributed by atoms with van der Waals surface area (Å²) < 4.78 is 5.98. The number of hydrogen-bond acceptors (Lipinski definition) is 2. The Kier molecular flexibility index (Phi) is 4.69. The van der Waals surface area contributed by atoms with Crippen LogP contribution in [0.1, 0.15) is 39.4 Å². The van der Waals surface area contributed by atoms with Crippen molar-refractivity contribution in [3.63, 3.8) is 0 Å². The molecule has 0 amide bonds. The van der Waals surface area contributed by atoms with Crippen molar-refractivity contribution in [1.29, 1.82) is 0 Å². The van der Waals surface area contributed by atoms with E-state index >= 15 is 0 Å². The molecule has 0 aromatic heterocycles. The van der Waals surface area contributed by atoms with Gasteiger partial charge in [-0.25, -0.2) is 0 Å². The molecular weight excluding hydrogens is 258 g/mol. The smallest absolute Gasteiger partial charge is 0.122 e. The fourth-order valence-corrected chi connectivity index (χ4v) is 2.58. The molecule has 2 heteroatoms. The Labute approximate surface area is 127 Å². The standard InChI is InChI=1S/C19H25NO/c1-12-6-7-14(3)17(9-12)18(20)11-21-19-10-13(2)8-15(4)16(19)5/h6-10,18H,11,20H2,1-5H3. The van der Waals surface area contributed by atoms with Gasteiger partial charge in [-0.15, -0.1) is 0 Å². The number of hydrogen-bond donors (Lipinski definition) is 1. The first-order valence-electron chi connectivity index (χ1n) is 7.42. The summed E-state index contributed by atoms with van der Waals surface area (Å²) in [5.41, 5.74) is 13.6. The molecule has 0 radical (unpaired) electrons. The van der Waals surface area contributed by atoms with E-state index in [0.717, 1.165) is 11.3 Å². The molecule has 21 heavy (non-hydrogen) atoms. The fraction of sp³-hybridized carbons (Fsp3) is 0.368. The van der Waals surface area contributed by atoms with Gasteiger partial charge in [-0.1, -0.05) is 29.8 Å². The van der Waals surface area contributed by atoms with Crippen molar-refractivity contribution in [3.05, 3.63) is 63.7 Å².